The van der Waals surface area contributed by atoms with Gasteiger partial charge in [-0.3, -0.25) is 9.79 Å². The highest BCUT2D eigenvalue weighted by Gasteiger charge is 2.06. The summed E-state index contributed by atoms with van der Waals surface area (Å²) in [6, 6.07) is 13.2. The summed E-state index contributed by atoms with van der Waals surface area (Å²) < 4.78 is 0. The van der Waals surface area contributed by atoms with E-state index in [0.29, 0.717) is 23.7 Å². The SMILES string of the molecule is C/C=C(/CCNC(=O)c1ccnc(Cl)c1)N=C(C)c1ccccc1. The molecule has 2 aromatic rings. The van der Waals surface area contributed by atoms with E-state index in [2.05, 4.69) is 15.3 Å². The van der Waals surface area contributed by atoms with Crippen molar-refractivity contribution in [1.29, 1.82) is 0 Å². The van der Waals surface area contributed by atoms with Crippen molar-refractivity contribution >= 4 is 23.2 Å². The van der Waals surface area contributed by atoms with Crippen molar-refractivity contribution in [1.82, 2.24) is 10.3 Å². The smallest absolute Gasteiger partial charge is 0.251 e. The van der Waals surface area contributed by atoms with Crippen molar-refractivity contribution < 1.29 is 4.79 Å². The first-order chi connectivity index (χ1) is 11.6. The van der Waals surface area contributed by atoms with Crippen molar-refractivity contribution in [2.45, 2.75) is 20.3 Å². The topological polar surface area (TPSA) is 54.4 Å². The molecule has 0 radical (unpaired) electrons. The highest BCUT2D eigenvalue weighted by molar-refractivity contribution is 6.29. The van der Waals surface area contributed by atoms with Crippen LogP contribution in [0.1, 0.15) is 36.2 Å². The first kappa shape index (κ1) is 17.9. The third-order valence-electron chi connectivity index (χ3n) is 3.49. The summed E-state index contributed by atoms with van der Waals surface area (Å²) >= 11 is 5.79. The second-order valence-electron chi connectivity index (χ2n) is 5.22. The van der Waals surface area contributed by atoms with Gasteiger partial charge in [-0.25, -0.2) is 4.98 Å². The number of halogens is 1. The van der Waals surface area contributed by atoms with Crippen molar-refractivity contribution in [2.24, 2.45) is 4.99 Å². The Morgan fingerprint density at radius 2 is 2.00 bits per heavy atom. The Morgan fingerprint density at radius 1 is 1.25 bits per heavy atom. The largest absolute Gasteiger partial charge is 0.352 e. The van der Waals surface area contributed by atoms with E-state index in [1.165, 1.54) is 6.20 Å². The van der Waals surface area contributed by atoms with Gasteiger partial charge in [0.05, 0.1) is 0 Å². The Labute approximate surface area is 147 Å². The first-order valence-electron chi connectivity index (χ1n) is 7.76. The van der Waals surface area contributed by atoms with Gasteiger partial charge in [0.1, 0.15) is 5.15 Å². The molecule has 5 heteroatoms. The van der Waals surface area contributed by atoms with E-state index in [-0.39, 0.29) is 5.91 Å². The van der Waals surface area contributed by atoms with E-state index < -0.39 is 0 Å². The molecule has 0 aliphatic rings. The molecule has 0 fully saturated rings. The number of pyridine rings is 1. The summed E-state index contributed by atoms with van der Waals surface area (Å²) in [5.74, 6) is -0.168. The van der Waals surface area contributed by atoms with Gasteiger partial charge in [-0.2, -0.15) is 0 Å². The number of carbonyl (C=O) groups is 1. The van der Waals surface area contributed by atoms with E-state index in [9.17, 15) is 4.79 Å². The molecule has 4 nitrogen and oxygen atoms in total. The number of nitrogens with zero attached hydrogens (tertiary/aromatic N) is 2. The zero-order valence-corrected chi connectivity index (χ0v) is 14.5. The molecule has 124 valence electrons. The molecule has 0 saturated heterocycles. The van der Waals surface area contributed by atoms with E-state index in [0.717, 1.165) is 17.0 Å². The molecule has 0 atom stereocenters. The lowest BCUT2D eigenvalue weighted by Crippen LogP contribution is -2.24. The van der Waals surface area contributed by atoms with Crippen LogP contribution in [0.15, 0.2) is 65.4 Å². The van der Waals surface area contributed by atoms with Gasteiger partial charge in [-0.15, -0.1) is 0 Å². The quantitative estimate of drug-likeness (QED) is 0.630. The minimum atomic E-state index is -0.168. The molecule has 0 unspecified atom stereocenters. The number of hydrogen-bond acceptors (Lipinski definition) is 3. The maximum Gasteiger partial charge on any atom is 0.251 e. The van der Waals surface area contributed by atoms with Crippen LogP contribution in [-0.2, 0) is 0 Å². The van der Waals surface area contributed by atoms with E-state index in [4.69, 9.17) is 11.6 Å². The molecule has 1 aromatic carbocycles. The van der Waals surface area contributed by atoms with Crippen molar-refractivity contribution in [3.63, 3.8) is 0 Å². The molecule has 0 saturated carbocycles. The van der Waals surface area contributed by atoms with Crippen LogP contribution in [0, 0.1) is 0 Å². The normalized spacial score (nSPS) is 12.1. The maximum atomic E-state index is 12.1. The van der Waals surface area contributed by atoms with E-state index >= 15 is 0 Å². The van der Waals surface area contributed by atoms with Gasteiger partial charge in [0.2, 0.25) is 0 Å². The standard InChI is InChI=1S/C19H20ClN3O/c1-3-17(23-14(2)15-7-5-4-6-8-15)10-12-22-19(24)16-9-11-21-18(20)13-16/h3-9,11,13H,10,12H2,1-2H3,(H,22,24)/b17-3-,23-14?. The van der Waals surface area contributed by atoms with Gasteiger partial charge in [0, 0.05) is 36.1 Å². The molecule has 0 spiro atoms. The Balaban J connectivity index is 1.91. The van der Waals surface area contributed by atoms with Crippen LogP contribution < -0.4 is 5.32 Å². The minimum absolute atomic E-state index is 0.168. The van der Waals surface area contributed by atoms with Crippen molar-refractivity contribution in [3.8, 4) is 0 Å². The number of hydrogen-bond donors (Lipinski definition) is 1. The zero-order valence-electron chi connectivity index (χ0n) is 13.8. The van der Waals surface area contributed by atoms with Gasteiger partial charge in [-0.05, 0) is 31.5 Å². The molecule has 0 aliphatic heterocycles. The molecular weight excluding hydrogens is 322 g/mol. The second kappa shape index (κ2) is 8.99. The van der Waals surface area contributed by atoms with Crippen molar-refractivity contribution in [2.75, 3.05) is 6.54 Å². The predicted octanol–water partition coefficient (Wildman–Crippen LogP) is 4.27. The fraction of sp³-hybridized carbons (Fsp3) is 0.211. The Hall–Kier alpha value is -2.46. The van der Waals surface area contributed by atoms with Gasteiger partial charge < -0.3 is 5.32 Å². The van der Waals surface area contributed by atoms with Crippen LogP contribution in [0.2, 0.25) is 5.15 Å². The van der Waals surface area contributed by atoms with Crippen molar-refractivity contribution in [3.05, 3.63) is 76.7 Å². The lowest BCUT2D eigenvalue weighted by atomic mass is 10.1. The molecule has 1 amide bonds. The fourth-order valence-corrected chi connectivity index (χ4v) is 2.35. The summed E-state index contributed by atoms with van der Waals surface area (Å²) in [5, 5.41) is 3.17. The van der Waals surface area contributed by atoms with Gasteiger partial charge >= 0.3 is 0 Å². The van der Waals surface area contributed by atoms with E-state index in [1.807, 2.05) is 50.3 Å². The molecule has 2 rings (SSSR count). The molecule has 0 bridgehead atoms. The summed E-state index contributed by atoms with van der Waals surface area (Å²) in [6.07, 6.45) is 4.13. The molecular formula is C19H20ClN3O. The Bertz CT molecular complexity index is 754. The third-order valence-corrected chi connectivity index (χ3v) is 3.70. The number of benzene rings is 1. The third kappa shape index (κ3) is 5.32. The van der Waals surface area contributed by atoms with Gasteiger partial charge in [0.15, 0.2) is 0 Å². The van der Waals surface area contributed by atoms with Gasteiger partial charge in [-0.1, -0.05) is 48.0 Å². The first-order valence-corrected chi connectivity index (χ1v) is 8.13. The Kier molecular flexibility index (Phi) is 6.70. The number of nitrogens with one attached hydrogen (secondary N) is 1. The molecule has 0 aliphatic carbocycles. The summed E-state index contributed by atoms with van der Waals surface area (Å²) in [6.45, 7) is 4.43. The van der Waals surface area contributed by atoms with Gasteiger partial charge in [0.25, 0.3) is 5.91 Å². The lowest BCUT2D eigenvalue weighted by molar-refractivity contribution is 0.0954. The number of allylic oxidation sites excluding steroid dienone is 1. The number of rotatable bonds is 6. The van der Waals surface area contributed by atoms with Crippen LogP contribution in [0.3, 0.4) is 0 Å². The summed E-state index contributed by atoms with van der Waals surface area (Å²) in [7, 11) is 0. The van der Waals surface area contributed by atoms with Crippen LogP contribution in [0.25, 0.3) is 0 Å². The number of aliphatic imine (C=N–C) groups is 1. The molecule has 1 heterocycles. The number of aromatic nitrogens is 1. The Morgan fingerprint density at radius 3 is 2.67 bits per heavy atom. The summed E-state index contributed by atoms with van der Waals surface area (Å²) in [5.41, 5.74) is 3.48. The minimum Gasteiger partial charge on any atom is -0.352 e. The fourth-order valence-electron chi connectivity index (χ4n) is 2.17. The van der Waals surface area contributed by atoms with Crippen LogP contribution >= 0.6 is 11.6 Å². The van der Waals surface area contributed by atoms with E-state index in [1.54, 1.807) is 12.1 Å². The van der Waals surface area contributed by atoms with Crippen LogP contribution in [-0.4, -0.2) is 23.1 Å². The monoisotopic (exact) mass is 341 g/mol. The average molecular weight is 342 g/mol. The second-order valence-corrected chi connectivity index (χ2v) is 5.60. The summed E-state index contributed by atoms with van der Waals surface area (Å²) in [4.78, 5) is 20.6. The molecule has 24 heavy (non-hydrogen) atoms. The molecule has 1 aromatic heterocycles. The zero-order chi connectivity index (χ0) is 17.4. The molecule has 1 N–H and O–H groups in total. The highest BCUT2D eigenvalue weighted by atomic mass is 35.5. The van der Waals surface area contributed by atoms with Crippen LogP contribution in [0.5, 0.6) is 0 Å². The average Bonchev–Trinajstić information content (AvgIpc) is 2.61. The highest BCUT2D eigenvalue weighted by Crippen LogP contribution is 2.09. The number of carbonyl (C=O) groups excluding carboxylic acids is 1. The predicted molar refractivity (Wildman–Crippen MR) is 98.6 cm³/mol. The number of amides is 1. The maximum absolute atomic E-state index is 12.1. The lowest BCUT2D eigenvalue weighted by Gasteiger charge is -2.07. The van der Waals surface area contributed by atoms with Crippen LogP contribution in [0.4, 0.5) is 0 Å².